The van der Waals surface area contributed by atoms with E-state index in [-0.39, 0.29) is 5.82 Å². The van der Waals surface area contributed by atoms with Crippen molar-refractivity contribution >= 4 is 27.0 Å². The predicted octanol–water partition coefficient (Wildman–Crippen LogP) is 3.69. The first-order valence-corrected chi connectivity index (χ1v) is 6.66. The van der Waals surface area contributed by atoms with E-state index in [0.717, 1.165) is 16.9 Å². The molecule has 2 aromatic heterocycles. The number of aromatic nitrogens is 3. The minimum Gasteiger partial charge on any atom is -0.322 e. The van der Waals surface area contributed by atoms with Crippen molar-refractivity contribution in [3.05, 3.63) is 58.3 Å². The van der Waals surface area contributed by atoms with Gasteiger partial charge >= 0.3 is 0 Å². The van der Waals surface area contributed by atoms with E-state index in [1.807, 2.05) is 35.8 Å². The molecule has 0 radical (unpaired) electrons. The van der Waals surface area contributed by atoms with Gasteiger partial charge < -0.3 is 4.57 Å². The van der Waals surface area contributed by atoms with Crippen molar-refractivity contribution < 1.29 is 4.39 Å². The Labute approximate surface area is 118 Å². The lowest BCUT2D eigenvalue weighted by atomic mass is 10.3. The molecule has 2 heterocycles. The van der Waals surface area contributed by atoms with Crippen molar-refractivity contribution in [1.82, 2.24) is 14.5 Å². The Bertz CT molecular complexity index is 752. The van der Waals surface area contributed by atoms with Crippen LogP contribution in [0, 0.1) is 12.7 Å². The van der Waals surface area contributed by atoms with Gasteiger partial charge in [0, 0.05) is 10.7 Å². The molecule has 3 rings (SSSR count). The first-order valence-electron chi connectivity index (χ1n) is 5.87. The summed E-state index contributed by atoms with van der Waals surface area (Å²) in [6, 6.07) is 9.25. The van der Waals surface area contributed by atoms with E-state index in [1.165, 1.54) is 6.07 Å². The normalized spacial score (nSPS) is 11.1. The predicted molar refractivity (Wildman–Crippen MR) is 75.5 cm³/mol. The van der Waals surface area contributed by atoms with Gasteiger partial charge in [-0.25, -0.2) is 9.37 Å². The number of halogens is 2. The molecule has 0 unspecified atom stereocenters. The van der Waals surface area contributed by atoms with Gasteiger partial charge in [0.05, 0.1) is 23.3 Å². The van der Waals surface area contributed by atoms with Gasteiger partial charge in [-0.3, -0.25) is 4.98 Å². The molecule has 0 atom stereocenters. The lowest BCUT2D eigenvalue weighted by molar-refractivity contribution is 0.585. The van der Waals surface area contributed by atoms with Gasteiger partial charge in [0.1, 0.15) is 11.6 Å². The van der Waals surface area contributed by atoms with Crippen LogP contribution in [-0.4, -0.2) is 14.5 Å². The second kappa shape index (κ2) is 4.74. The van der Waals surface area contributed by atoms with E-state index in [1.54, 1.807) is 6.20 Å². The summed E-state index contributed by atoms with van der Waals surface area (Å²) in [6.45, 7) is 2.29. The Kier molecular flexibility index (Phi) is 3.06. The maximum absolute atomic E-state index is 13.8. The Morgan fingerprint density at radius 1 is 1.32 bits per heavy atom. The highest BCUT2D eigenvalue weighted by Crippen LogP contribution is 2.19. The second-order valence-corrected chi connectivity index (χ2v) is 5.23. The summed E-state index contributed by atoms with van der Waals surface area (Å²) in [4.78, 5) is 8.59. The van der Waals surface area contributed by atoms with E-state index >= 15 is 0 Å². The van der Waals surface area contributed by atoms with E-state index in [2.05, 4.69) is 25.9 Å². The average molecular weight is 320 g/mol. The summed E-state index contributed by atoms with van der Waals surface area (Å²) in [5.41, 5.74) is 2.32. The van der Waals surface area contributed by atoms with Gasteiger partial charge in [-0.05, 0) is 41.1 Å². The number of para-hydroxylation sites is 2. The van der Waals surface area contributed by atoms with E-state index in [0.29, 0.717) is 16.7 Å². The fourth-order valence-electron chi connectivity index (χ4n) is 2.10. The maximum atomic E-state index is 13.8. The smallest absolute Gasteiger partial charge is 0.147 e. The Balaban J connectivity index is 2.08. The van der Waals surface area contributed by atoms with Crippen molar-refractivity contribution in [2.24, 2.45) is 0 Å². The number of nitrogens with zero attached hydrogens (tertiary/aromatic N) is 3. The lowest BCUT2D eigenvalue weighted by Gasteiger charge is -2.07. The van der Waals surface area contributed by atoms with Crippen LogP contribution in [0.15, 0.2) is 41.0 Å². The summed E-state index contributed by atoms with van der Waals surface area (Å²) >= 11 is 3.21. The minimum absolute atomic E-state index is 0.313. The number of imidazole rings is 1. The van der Waals surface area contributed by atoms with Crippen LogP contribution in [0.3, 0.4) is 0 Å². The monoisotopic (exact) mass is 319 g/mol. The number of hydrogen-bond donors (Lipinski definition) is 0. The van der Waals surface area contributed by atoms with Crippen LogP contribution in [0.2, 0.25) is 0 Å². The topological polar surface area (TPSA) is 30.7 Å². The van der Waals surface area contributed by atoms with Crippen LogP contribution in [0.5, 0.6) is 0 Å². The summed E-state index contributed by atoms with van der Waals surface area (Å²) in [7, 11) is 0. The molecule has 0 bridgehead atoms. The molecule has 0 amide bonds. The molecule has 0 fully saturated rings. The molecule has 0 saturated carbocycles. The van der Waals surface area contributed by atoms with Gasteiger partial charge in [0.2, 0.25) is 0 Å². The standard InChI is InChI=1S/C14H11BrFN3/c1-9-18-12-4-2-3-5-14(12)19(9)8-13-11(16)6-10(15)7-17-13/h2-7H,8H2,1H3. The highest BCUT2D eigenvalue weighted by molar-refractivity contribution is 9.10. The van der Waals surface area contributed by atoms with E-state index in [9.17, 15) is 4.39 Å². The Morgan fingerprint density at radius 2 is 2.11 bits per heavy atom. The number of rotatable bonds is 2. The minimum atomic E-state index is -0.313. The molecule has 3 nitrogen and oxygen atoms in total. The molecule has 0 aliphatic rings. The average Bonchev–Trinajstić information content (AvgIpc) is 2.69. The molecule has 0 aliphatic heterocycles. The molecule has 0 spiro atoms. The van der Waals surface area contributed by atoms with E-state index < -0.39 is 0 Å². The summed E-state index contributed by atoms with van der Waals surface area (Å²) in [5, 5.41) is 0. The Hall–Kier alpha value is -1.75. The number of aryl methyl sites for hydroxylation is 1. The molecular weight excluding hydrogens is 309 g/mol. The molecule has 0 N–H and O–H groups in total. The van der Waals surface area contributed by atoms with Crippen molar-refractivity contribution in [2.75, 3.05) is 0 Å². The quantitative estimate of drug-likeness (QED) is 0.721. The van der Waals surface area contributed by atoms with Crippen molar-refractivity contribution in [1.29, 1.82) is 0 Å². The zero-order valence-corrected chi connectivity index (χ0v) is 11.9. The molecule has 0 saturated heterocycles. The highest BCUT2D eigenvalue weighted by atomic mass is 79.9. The zero-order valence-electron chi connectivity index (χ0n) is 10.3. The SMILES string of the molecule is Cc1nc2ccccc2n1Cc1ncc(Br)cc1F. The fourth-order valence-corrected chi connectivity index (χ4v) is 2.41. The largest absolute Gasteiger partial charge is 0.322 e. The third-order valence-corrected chi connectivity index (χ3v) is 3.47. The molecule has 1 aromatic carbocycles. The number of pyridine rings is 1. The summed E-state index contributed by atoms with van der Waals surface area (Å²) in [6.07, 6.45) is 1.60. The molecule has 0 aliphatic carbocycles. The highest BCUT2D eigenvalue weighted by Gasteiger charge is 2.11. The van der Waals surface area contributed by atoms with Crippen LogP contribution in [0.25, 0.3) is 11.0 Å². The van der Waals surface area contributed by atoms with Gasteiger partial charge in [-0.2, -0.15) is 0 Å². The molecule has 96 valence electrons. The number of benzene rings is 1. The van der Waals surface area contributed by atoms with Crippen molar-refractivity contribution in [3.8, 4) is 0 Å². The van der Waals surface area contributed by atoms with E-state index in [4.69, 9.17) is 0 Å². The molecule has 5 heteroatoms. The number of hydrogen-bond acceptors (Lipinski definition) is 2. The van der Waals surface area contributed by atoms with Gasteiger partial charge in [0.15, 0.2) is 0 Å². The van der Waals surface area contributed by atoms with Crippen molar-refractivity contribution in [3.63, 3.8) is 0 Å². The van der Waals surface area contributed by atoms with Gasteiger partial charge in [-0.1, -0.05) is 12.1 Å². The zero-order chi connectivity index (χ0) is 13.4. The Morgan fingerprint density at radius 3 is 2.89 bits per heavy atom. The first-order chi connectivity index (χ1) is 9.15. The first kappa shape index (κ1) is 12.3. The van der Waals surface area contributed by atoms with Crippen LogP contribution in [0.1, 0.15) is 11.5 Å². The summed E-state index contributed by atoms with van der Waals surface area (Å²) in [5.74, 6) is 0.539. The molecule has 19 heavy (non-hydrogen) atoms. The summed E-state index contributed by atoms with van der Waals surface area (Å²) < 4.78 is 16.5. The third-order valence-electron chi connectivity index (χ3n) is 3.04. The fraction of sp³-hybridized carbons (Fsp3) is 0.143. The molecule has 3 aromatic rings. The third kappa shape index (κ3) is 2.26. The maximum Gasteiger partial charge on any atom is 0.147 e. The number of fused-ring (bicyclic) bond motifs is 1. The van der Waals surface area contributed by atoms with Gasteiger partial charge in [-0.15, -0.1) is 0 Å². The van der Waals surface area contributed by atoms with Crippen LogP contribution in [0.4, 0.5) is 4.39 Å². The molecular formula is C14H11BrFN3. The van der Waals surface area contributed by atoms with Gasteiger partial charge in [0.25, 0.3) is 0 Å². The van der Waals surface area contributed by atoms with Crippen LogP contribution in [-0.2, 0) is 6.54 Å². The van der Waals surface area contributed by atoms with Crippen LogP contribution < -0.4 is 0 Å². The lowest BCUT2D eigenvalue weighted by Crippen LogP contribution is -2.06. The second-order valence-electron chi connectivity index (χ2n) is 4.32. The van der Waals surface area contributed by atoms with Crippen LogP contribution >= 0.6 is 15.9 Å². The van der Waals surface area contributed by atoms with Crippen molar-refractivity contribution in [2.45, 2.75) is 13.5 Å².